The molecule has 0 aliphatic rings. The summed E-state index contributed by atoms with van der Waals surface area (Å²) in [4.78, 5) is -1.01. The summed E-state index contributed by atoms with van der Waals surface area (Å²) in [5.74, 6) is -3.67. The van der Waals surface area contributed by atoms with Crippen LogP contribution in [0.2, 0.25) is 0 Å². The third kappa shape index (κ3) is 2.09. The van der Waals surface area contributed by atoms with Crippen LogP contribution >= 0.6 is 26.6 Å². The van der Waals surface area contributed by atoms with Gasteiger partial charge in [-0.25, -0.2) is 17.2 Å². The van der Waals surface area contributed by atoms with Crippen LogP contribution in [0.25, 0.3) is 0 Å². The minimum absolute atomic E-state index is 0.497. The van der Waals surface area contributed by atoms with Crippen LogP contribution in [0.5, 0.6) is 5.75 Å². The van der Waals surface area contributed by atoms with Gasteiger partial charge in [-0.3, -0.25) is 0 Å². The number of hydrogen-bond donors (Lipinski definition) is 1. The Balaban J connectivity index is 3.84. The molecule has 0 saturated heterocycles. The third-order valence-corrected chi connectivity index (χ3v) is 4.07. The van der Waals surface area contributed by atoms with Crippen molar-refractivity contribution in [1.82, 2.24) is 0 Å². The van der Waals surface area contributed by atoms with Crippen LogP contribution in [-0.2, 0) is 9.05 Å². The normalized spacial score (nSPS) is 11.8. The summed E-state index contributed by atoms with van der Waals surface area (Å²) < 4.78 is 47.6. The van der Waals surface area contributed by atoms with Crippen molar-refractivity contribution in [3.63, 3.8) is 0 Å². The average molecular weight is 322 g/mol. The molecular formula is C7H4BrClF2O3S. The zero-order valence-electron chi connectivity index (χ0n) is 7.18. The quantitative estimate of drug-likeness (QED) is 0.639. The van der Waals surface area contributed by atoms with E-state index in [1.165, 1.54) is 0 Å². The van der Waals surface area contributed by atoms with Crippen molar-refractivity contribution >= 4 is 35.7 Å². The Morgan fingerprint density at radius 3 is 2.20 bits per heavy atom. The van der Waals surface area contributed by atoms with Gasteiger partial charge >= 0.3 is 0 Å². The Labute approximate surface area is 97.2 Å². The summed E-state index contributed by atoms with van der Waals surface area (Å²) in [6, 6.07) is 0. The third-order valence-electron chi connectivity index (χ3n) is 1.72. The van der Waals surface area contributed by atoms with Crippen LogP contribution < -0.4 is 0 Å². The van der Waals surface area contributed by atoms with Gasteiger partial charge in [0.05, 0.1) is 4.47 Å². The lowest BCUT2D eigenvalue weighted by atomic mass is 10.2. The van der Waals surface area contributed by atoms with Crippen LogP contribution in [0, 0.1) is 18.6 Å². The SMILES string of the molecule is Cc1c(F)c(O)c(S(=O)(=O)Cl)c(Br)c1F. The number of phenols is 1. The van der Waals surface area contributed by atoms with Gasteiger partial charge in [0.25, 0.3) is 9.05 Å². The van der Waals surface area contributed by atoms with Crippen molar-refractivity contribution in [2.75, 3.05) is 0 Å². The average Bonchev–Trinajstić information content (AvgIpc) is 2.09. The highest BCUT2D eigenvalue weighted by Crippen LogP contribution is 2.39. The number of benzene rings is 1. The molecule has 0 bridgehead atoms. The standard InChI is InChI=1S/C7H4BrClF2O3S/c1-2-4(10)3(8)7(15(9,13)14)6(12)5(2)11/h12H,1H3. The second-order valence-electron chi connectivity index (χ2n) is 2.68. The van der Waals surface area contributed by atoms with E-state index in [1.54, 1.807) is 0 Å². The molecule has 0 unspecified atom stereocenters. The molecule has 0 spiro atoms. The molecule has 84 valence electrons. The molecular weight excluding hydrogens is 317 g/mol. The largest absolute Gasteiger partial charge is 0.504 e. The van der Waals surface area contributed by atoms with Gasteiger partial charge < -0.3 is 5.11 Å². The van der Waals surface area contributed by atoms with Crippen molar-refractivity contribution in [3.05, 3.63) is 21.7 Å². The molecule has 0 radical (unpaired) electrons. The van der Waals surface area contributed by atoms with Gasteiger partial charge in [0.2, 0.25) is 0 Å². The highest BCUT2D eigenvalue weighted by Gasteiger charge is 2.28. The van der Waals surface area contributed by atoms with Gasteiger partial charge in [-0.15, -0.1) is 0 Å². The summed E-state index contributed by atoms with van der Waals surface area (Å²) >= 11 is 2.59. The first-order chi connectivity index (χ1) is 6.68. The van der Waals surface area contributed by atoms with Gasteiger partial charge in [0.1, 0.15) is 10.7 Å². The molecule has 0 aliphatic heterocycles. The van der Waals surface area contributed by atoms with E-state index in [9.17, 15) is 22.3 Å². The van der Waals surface area contributed by atoms with Gasteiger partial charge in [0, 0.05) is 16.2 Å². The smallest absolute Gasteiger partial charge is 0.266 e. The molecule has 15 heavy (non-hydrogen) atoms. The van der Waals surface area contributed by atoms with E-state index in [2.05, 4.69) is 15.9 Å². The number of aromatic hydroxyl groups is 1. The minimum atomic E-state index is -4.43. The number of rotatable bonds is 1. The summed E-state index contributed by atoms with van der Waals surface area (Å²) in [7, 11) is 0.484. The monoisotopic (exact) mass is 320 g/mol. The number of phenolic OH excluding ortho intramolecular Hbond substituents is 1. The lowest BCUT2D eigenvalue weighted by molar-refractivity contribution is 0.407. The lowest BCUT2D eigenvalue weighted by Gasteiger charge is -2.08. The predicted molar refractivity (Wildman–Crippen MR) is 53.5 cm³/mol. The van der Waals surface area contributed by atoms with E-state index in [4.69, 9.17) is 10.7 Å². The molecule has 0 aliphatic carbocycles. The molecule has 1 N–H and O–H groups in total. The van der Waals surface area contributed by atoms with Crippen LogP contribution in [-0.4, -0.2) is 13.5 Å². The zero-order chi connectivity index (χ0) is 12.0. The van der Waals surface area contributed by atoms with Crippen LogP contribution in [0.1, 0.15) is 5.56 Å². The fourth-order valence-electron chi connectivity index (χ4n) is 0.964. The lowest BCUT2D eigenvalue weighted by Crippen LogP contribution is -2.01. The summed E-state index contributed by atoms with van der Waals surface area (Å²) in [5.41, 5.74) is -0.497. The molecule has 1 rings (SSSR count). The topological polar surface area (TPSA) is 54.4 Å². The second kappa shape index (κ2) is 3.88. The maximum absolute atomic E-state index is 13.2. The van der Waals surface area contributed by atoms with Gasteiger partial charge in [-0.2, -0.15) is 0 Å². The van der Waals surface area contributed by atoms with Crippen LogP contribution in [0.15, 0.2) is 9.37 Å². The fourth-order valence-corrected chi connectivity index (χ4v) is 3.44. The van der Waals surface area contributed by atoms with Crippen LogP contribution in [0.3, 0.4) is 0 Å². The van der Waals surface area contributed by atoms with Crippen molar-refractivity contribution in [3.8, 4) is 5.75 Å². The molecule has 0 fully saturated rings. The maximum atomic E-state index is 13.2. The Morgan fingerprint density at radius 1 is 1.33 bits per heavy atom. The van der Waals surface area contributed by atoms with E-state index >= 15 is 0 Å². The molecule has 0 amide bonds. The highest BCUT2D eigenvalue weighted by atomic mass is 79.9. The fraction of sp³-hybridized carbons (Fsp3) is 0.143. The first-order valence-electron chi connectivity index (χ1n) is 3.48. The Kier molecular flexibility index (Phi) is 3.27. The number of hydrogen-bond acceptors (Lipinski definition) is 3. The highest BCUT2D eigenvalue weighted by molar-refractivity contribution is 9.10. The van der Waals surface area contributed by atoms with Gasteiger partial charge in [-0.05, 0) is 22.9 Å². The molecule has 1 aromatic rings. The van der Waals surface area contributed by atoms with E-state index in [0.717, 1.165) is 6.92 Å². The van der Waals surface area contributed by atoms with Crippen molar-refractivity contribution < 1.29 is 22.3 Å². The summed E-state index contributed by atoms with van der Waals surface area (Å²) in [5, 5.41) is 9.18. The zero-order valence-corrected chi connectivity index (χ0v) is 10.3. The Bertz CT molecular complexity index is 501. The molecule has 0 atom stereocenters. The summed E-state index contributed by atoms with van der Waals surface area (Å²) in [6.07, 6.45) is 0. The van der Waals surface area contributed by atoms with Crippen LogP contribution in [0.4, 0.5) is 8.78 Å². The Hall–Kier alpha value is -0.400. The molecule has 0 saturated carbocycles. The molecule has 0 heterocycles. The van der Waals surface area contributed by atoms with Gasteiger partial charge in [0.15, 0.2) is 11.6 Å². The number of halogens is 4. The Morgan fingerprint density at radius 2 is 1.80 bits per heavy atom. The van der Waals surface area contributed by atoms with E-state index < -0.39 is 41.4 Å². The minimum Gasteiger partial charge on any atom is -0.504 e. The van der Waals surface area contributed by atoms with Crippen molar-refractivity contribution in [2.45, 2.75) is 11.8 Å². The van der Waals surface area contributed by atoms with E-state index in [1.807, 2.05) is 0 Å². The second-order valence-corrected chi connectivity index (χ2v) is 5.98. The van der Waals surface area contributed by atoms with Crippen molar-refractivity contribution in [2.24, 2.45) is 0 Å². The predicted octanol–water partition coefficient (Wildman–Crippen LogP) is 2.67. The van der Waals surface area contributed by atoms with Gasteiger partial charge in [-0.1, -0.05) is 0 Å². The molecule has 1 aromatic carbocycles. The molecule has 8 heteroatoms. The van der Waals surface area contributed by atoms with Crippen molar-refractivity contribution in [1.29, 1.82) is 0 Å². The first kappa shape index (κ1) is 12.7. The molecule has 3 nitrogen and oxygen atoms in total. The molecule has 0 aromatic heterocycles. The van der Waals surface area contributed by atoms with E-state index in [0.29, 0.717) is 0 Å². The maximum Gasteiger partial charge on any atom is 0.266 e. The van der Waals surface area contributed by atoms with E-state index in [-0.39, 0.29) is 0 Å². The summed E-state index contributed by atoms with van der Waals surface area (Å²) in [6.45, 7) is 1.06. The first-order valence-corrected chi connectivity index (χ1v) is 6.58.